The van der Waals surface area contributed by atoms with E-state index in [1.54, 1.807) is 11.3 Å². The first kappa shape index (κ1) is 13.1. The maximum atomic E-state index is 3.52. The molecule has 3 aromatic rings. The van der Waals surface area contributed by atoms with Gasteiger partial charge >= 0.3 is 0 Å². The van der Waals surface area contributed by atoms with E-state index in [2.05, 4.69) is 75.2 Å². The second-order valence-corrected chi connectivity index (χ2v) is 7.20. The lowest BCUT2D eigenvalue weighted by Gasteiger charge is -2.07. The molecule has 0 bridgehead atoms. The van der Waals surface area contributed by atoms with Crippen molar-refractivity contribution in [3.05, 3.63) is 74.4 Å². The molecule has 0 saturated carbocycles. The lowest BCUT2D eigenvalue weighted by atomic mass is 10.1. The molecule has 0 saturated heterocycles. The zero-order valence-electron chi connectivity index (χ0n) is 11.4. The minimum Gasteiger partial charge on any atom is -0.380 e. The SMILES string of the molecule is Brc1csc(CNc2ccc3c(c2)Cc2ccccc2-3)c1. The fourth-order valence-electron chi connectivity index (χ4n) is 2.89. The van der Waals surface area contributed by atoms with E-state index >= 15 is 0 Å². The zero-order valence-corrected chi connectivity index (χ0v) is 13.8. The molecule has 1 heterocycles. The van der Waals surface area contributed by atoms with Crippen molar-refractivity contribution in [2.75, 3.05) is 5.32 Å². The lowest BCUT2D eigenvalue weighted by Crippen LogP contribution is -1.97. The van der Waals surface area contributed by atoms with Gasteiger partial charge in [0.2, 0.25) is 0 Å². The van der Waals surface area contributed by atoms with Gasteiger partial charge in [-0.2, -0.15) is 0 Å². The fourth-order valence-corrected chi connectivity index (χ4v) is 4.28. The van der Waals surface area contributed by atoms with Crippen LogP contribution in [0.1, 0.15) is 16.0 Å². The van der Waals surface area contributed by atoms with Gasteiger partial charge in [0.1, 0.15) is 0 Å². The Hall–Kier alpha value is -1.58. The van der Waals surface area contributed by atoms with Crippen LogP contribution in [-0.4, -0.2) is 0 Å². The third-order valence-corrected chi connectivity index (χ3v) is 5.58. The third-order valence-electron chi connectivity index (χ3n) is 3.88. The highest BCUT2D eigenvalue weighted by Gasteiger charge is 2.17. The van der Waals surface area contributed by atoms with Crippen LogP contribution in [-0.2, 0) is 13.0 Å². The Balaban J connectivity index is 1.56. The van der Waals surface area contributed by atoms with Gasteiger partial charge in [-0.3, -0.25) is 0 Å². The molecule has 0 atom stereocenters. The van der Waals surface area contributed by atoms with E-state index in [0.717, 1.165) is 17.4 Å². The summed E-state index contributed by atoms with van der Waals surface area (Å²) in [7, 11) is 0. The molecule has 1 aliphatic carbocycles. The van der Waals surface area contributed by atoms with Crippen molar-refractivity contribution >= 4 is 33.0 Å². The quantitative estimate of drug-likeness (QED) is 0.497. The van der Waals surface area contributed by atoms with Gasteiger partial charge in [-0.1, -0.05) is 30.3 Å². The molecular formula is C18H14BrNS. The molecule has 0 amide bonds. The topological polar surface area (TPSA) is 12.0 Å². The van der Waals surface area contributed by atoms with Crippen LogP contribution in [0.4, 0.5) is 5.69 Å². The smallest absolute Gasteiger partial charge is 0.0494 e. The predicted molar refractivity (Wildman–Crippen MR) is 94.0 cm³/mol. The standard InChI is InChI=1S/C18H14BrNS/c19-14-9-16(21-11-14)10-20-15-5-6-18-13(8-15)7-12-3-1-2-4-17(12)18/h1-6,8-9,11,20H,7,10H2. The molecule has 21 heavy (non-hydrogen) atoms. The second-order valence-electron chi connectivity index (χ2n) is 5.29. The number of hydrogen-bond donors (Lipinski definition) is 1. The second kappa shape index (κ2) is 5.32. The van der Waals surface area contributed by atoms with Crippen molar-refractivity contribution in [3.63, 3.8) is 0 Å². The fraction of sp³-hybridized carbons (Fsp3) is 0.111. The highest BCUT2D eigenvalue weighted by molar-refractivity contribution is 9.10. The largest absolute Gasteiger partial charge is 0.380 e. The zero-order chi connectivity index (χ0) is 14.2. The number of thiophene rings is 1. The van der Waals surface area contributed by atoms with Crippen LogP contribution in [0, 0.1) is 0 Å². The van der Waals surface area contributed by atoms with E-state index in [1.165, 1.54) is 32.8 Å². The third kappa shape index (κ3) is 2.52. The van der Waals surface area contributed by atoms with Gasteiger partial charge in [0, 0.05) is 27.0 Å². The first-order valence-electron chi connectivity index (χ1n) is 6.97. The minimum atomic E-state index is 0.877. The molecule has 1 nitrogen and oxygen atoms in total. The monoisotopic (exact) mass is 355 g/mol. The highest BCUT2D eigenvalue weighted by Crippen LogP contribution is 2.37. The maximum absolute atomic E-state index is 3.52. The van der Waals surface area contributed by atoms with Crippen LogP contribution in [0.5, 0.6) is 0 Å². The van der Waals surface area contributed by atoms with Crippen molar-refractivity contribution in [1.82, 2.24) is 0 Å². The molecule has 1 N–H and O–H groups in total. The van der Waals surface area contributed by atoms with Crippen molar-refractivity contribution in [3.8, 4) is 11.1 Å². The van der Waals surface area contributed by atoms with Crippen LogP contribution < -0.4 is 5.32 Å². The van der Waals surface area contributed by atoms with E-state index in [0.29, 0.717) is 0 Å². The summed E-state index contributed by atoms with van der Waals surface area (Å²) in [5.41, 5.74) is 6.84. The Bertz CT molecular complexity index is 806. The van der Waals surface area contributed by atoms with Gasteiger partial charge in [-0.05, 0) is 62.8 Å². The summed E-state index contributed by atoms with van der Waals surface area (Å²) >= 11 is 5.27. The van der Waals surface area contributed by atoms with Crippen molar-refractivity contribution in [2.24, 2.45) is 0 Å². The minimum absolute atomic E-state index is 0.877. The van der Waals surface area contributed by atoms with Crippen LogP contribution >= 0.6 is 27.3 Å². The van der Waals surface area contributed by atoms with Crippen LogP contribution in [0.3, 0.4) is 0 Å². The van der Waals surface area contributed by atoms with Gasteiger partial charge in [0.15, 0.2) is 0 Å². The first-order valence-corrected chi connectivity index (χ1v) is 8.65. The number of anilines is 1. The molecule has 0 aliphatic heterocycles. The lowest BCUT2D eigenvalue weighted by molar-refractivity contribution is 1.18. The average Bonchev–Trinajstić information content (AvgIpc) is 3.07. The molecule has 0 fully saturated rings. The summed E-state index contributed by atoms with van der Waals surface area (Å²) in [5.74, 6) is 0. The maximum Gasteiger partial charge on any atom is 0.0494 e. The molecule has 0 spiro atoms. The molecule has 104 valence electrons. The summed E-state index contributed by atoms with van der Waals surface area (Å²) in [6.45, 7) is 0.877. The van der Waals surface area contributed by atoms with E-state index < -0.39 is 0 Å². The number of hydrogen-bond acceptors (Lipinski definition) is 2. The molecule has 3 heteroatoms. The summed E-state index contributed by atoms with van der Waals surface area (Å²) in [4.78, 5) is 1.34. The molecule has 4 rings (SSSR count). The molecule has 2 aromatic carbocycles. The molecule has 1 aromatic heterocycles. The van der Waals surface area contributed by atoms with Gasteiger partial charge < -0.3 is 5.32 Å². The van der Waals surface area contributed by atoms with Crippen molar-refractivity contribution in [2.45, 2.75) is 13.0 Å². The Morgan fingerprint density at radius 1 is 1.00 bits per heavy atom. The number of fused-ring (bicyclic) bond motifs is 3. The van der Waals surface area contributed by atoms with Crippen LogP contribution in [0.2, 0.25) is 0 Å². The Kier molecular flexibility index (Phi) is 3.32. The number of benzene rings is 2. The molecule has 1 aliphatic rings. The highest BCUT2D eigenvalue weighted by atomic mass is 79.9. The van der Waals surface area contributed by atoms with Crippen LogP contribution in [0.25, 0.3) is 11.1 Å². The van der Waals surface area contributed by atoms with Crippen molar-refractivity contribution < 1.29 is 0 Å². The van der Waals surface area contributed by atoms with Gasteiger partial charge in [0.25, 0.3) is 0 Å². The summed E-state index contributed by atoms with van der Waals surface area (Å²) in [6, 6.07) is 17.6. The molecular weight excluding hydrogens is 342 g/mol. The van der Waals surface area contributed by atoms with E-state index in [4.69, 9.17) is 0 Å². The van der Waals surface area contributed by atoms with Gasteiger partial charge in [0.05, 0.1) is 0 Å². The Labute approximate surface area is 136 Å². The summed E-state index contributed by atoms with van der Waals surface area (Å²) < 4.78 is 1.16. The first-order chi connectivity index (χ1) is 10.3. The van der Waals surface area contributed by atoms with Gasteiger partial charge in [-0.25, -0.2) is 0 Å². The summed E-state index contributed by atoms with van der Waals surface area (Å²) in [5, 5.41) is 5.64. The Morgan fingerprint density at radius 2 is 1.86 bits per heavy atom. The van der Waals surface area contributed by atoms with E-state index in [1.807, 2.05) is 0 Å². The van der Waals surface area contributed by atoms with Crippen LogP contribution in [0.15, 0.2) is 58.4 Å². The van der Waals surface area contributed by atoms with E-state index in [9.17, 15) is 0 Å². The summed E-state index contributed by atoms with van der Waals surface area (Å²) in [6.07, 6.45) is 1.05. The normalized spacial score (nSPS) is 12.0. The van der Waals surface area contributed by atoms with E-state index in [-0.39, 0.29) is 0 Å². The molecule has 0 unspecified atom stereocenters. The molecule has 0 radical (unpaired) electrons. The number of rotatable bonds is 3. The average molecular weight is 356 g/mol. The van der Waals surface area contributed by atoms with Crippen molar-refractivity contribution in [1.29, 1.82) is 0 Å². The van der Waals surface area contributed by atoms with Gasteiger partial charge in [-0.15, -0.1) is 11.3 Å². The number of nitrogens with one attached hydrogen (secondary N) is 1. The predicted octanol–water partition coefficient (Wildman–Crippen LogP) is 5.69. The number of halogens is 1. The Morgan fingerprint density at radius 3 is 2.71 bits per heavy atom.